The SMILES string of the molecule is O=C(Nc1nnc(C2CCCO2)s1)c1ccc(F)cc1. The second kappa shape index (κ2) is 5.64. The molecule has 0 aliphatic carbocycles. The fourth-order valence-corrected chi connectivity index (χ4v) is 2.78. The van der Waals surface area contributed by atoms with Crippen molar-refractivity contribution in [1.29, 1.82) is 0 Å². The molecule has 2 heterocycles. The number of hydrogen-bond donors (Lipinski definition) is 1. The Hall–Kier alpha value is -1.86. The van der Waals surface area contributed by atoms with Crippen LogP contribution in [-0.2, 0) is 4.74 Å². The van der Waals surface area contributed by atoms with Crippen molar-refractivity contribution in [3.8, 4) is 0 Å². The third-order valence-corrected chi connectivity index (χ3v) is 3.90. The third-order valence-electron chi connectivity index (χ3n) is 2.97. The van der Waals surface area contributed by atoms with E-state index >= 15 is 0 Å². The first-order chi connectivity index (χ1) is 9.72. The Balaban J connectivity index is 1.68. The number of nitrogens with zero attached hydrogens (tertiary/aromatic N) is 2. The summed E-state index contributed by atoms with van der Waals surface area (Å²) in [4.78, 5) is 11.9. The van der Waals surface area contributed by atoms with Crippen molar-refractivity contribution < 1.29 is 13.9 Å². The lowest BCUT2D eigenvalue weighted by atomic mass is 10.2. The van der Waals surface area contributed by atoms with Crippen LogP contribution in [0.1, 0.15) is 34.3 Å². The molecule has 7 heteroatoms. The second-order valence-corrected chi connectivity index (χ2v) is 5.42. The number of carbonyl (C=O) groups excluding carboxylic acids is 1. The maximum atomic E-state index is 12.8. The smallest absolute Gasteiger partial charge is 0.257 e. The van der Waals surface area contributed by atoms with Crippen molar-refractivity contribution in [1.82, 2.24) is 10.2 Å². The van der Waals surface area contributed by atoms with E-state index in [2.05, 4.69) is 15.5 Å². The molecule has 1 aliphatic rings. The van der Waals surface area contributed by atoms with E-state index in [0.29, 0.717) is 10.7 Å². The van der Waals surface area contributed by atoms with Gasteiger partial charge in [0.15, 0.2) is 0 Å². The number of carbonyl (C=O) groups is 1. The first kappa shape index (κ1) is 13.1. The van der Waals surface area contributed by atoms with Gasteiger partial charge in [0.25, 0.3) is 5.91 Å². The normalized spacial score (nSPS) is 18.1. The van der Waals surface area contributed by atoms with E-state index in [1.54, 1.807) is 0 Å². The Morgan fingerprint density at radius 3 is 2.85 bits per heavy atom. The minimum absolute atomic E-state index is 0.0102. The van der Waals surface area contributed by atoms with Gasteiger partial charge in [0.2, 0.25) is 5.13 Å². The van der Waals surface area contributed by atoms with Crippen molar-refractivity contribution in [3.05, 3.63) is 40.7 Å². The van der Waals surface area contributed by atoms with Gasteiger partial charge < -0.3 is 4.74 Å². The Kier molecular flexibility index (Phi) is 3.70. The van der Waals surface area contributed by atoms with E-state index in [1.807, 2.05) is 0 Å². The van der Waals surface area contributed by atoms with Crippen LogP contribution >= 0.6 is 11.3 Å². The van der Waals surface area contributed by atoms with E-state index in [0.717, 1.165) is 24.5 Å². The summed E-state index contributed by atoms with van der Waals surface area (Å²) in [5, 5.41) is 11.8. The number of hydrogen-bond acceptors (Lipinski definition) is 5. The molecule has 1 saturated heterocycles. The molecule has 1 fully saturated rings. The van der Waals surface area contributed by atoms with Gasteiger partial charge in [-0.05, 0) is 37.1 Å². The predicted octanol–water partition coefficient (Wildman–Crippen LogP) is 2.78. The van der Waals surface area contributed by atoms with E-state index in [1.165, 1.54) is 35.6 Å². The summed E-state index contributed by atoms with van der Waals surface area (Å²) < 4.78 is 18.3. The van der Waals surface area contributed by atoms with E-state index in [-0.39, 0.29) is 17.8 Å². The quantitative estimate of drug-likeness (QED) is 0.945. The van der Waals surface area contributed by atoms with Crippen LogP contribution in [0.5, 0.6) is 0 Å². The van der Waals surface area contributed by atoms with Crippen LogP contribution in [0.2, 0.25) is 0 Å². The van der Waals surface area contributed by atoms with Crippen LogP contribution in [0.3, 0.4) is 0 Å². The molecule has 0 bridgehead atoms. The summed E-state index contributed by atoms with van der Waals surface area (Å²) in [6.45, 7) is 0.738. The van der Waals surface area contributed by atoms with Gasteiger partial charge in [-0.1, -0.05) is 11.3 Å². The summed E-state index contributed by atoms with van der Waals surface area (Å²) >= 11 is 1.30. The highest BCUT2D eigenvalue weighted by Gasteiger charge is 2.22. The van der Waals surface area contributed by atoms with Gasteiger partial charge in [0, 0.05) is 12.2 Å². The number of rotatable bonds is 3. The number of ether oxygens (including phenoxy) is 1. The van der Waals surface area contributed by atoms with Gasteiger partial charge in [-0.3, -0.25) is 10.1 Å². The van der Waals surface area contributed by atoms with Crippen LogP contribution in [-0.4, -0.2) is 22.7 Å². The van der Waals surface area contributed by atoms with Crippen LogP contribution < -0.4 is 5.32 Å². The fraction of sp³-hybridized carbons (Fsp3) is 0.308. The standard InChI is InChI=1S/C13H12FN3O2S/c14-9-5-3-8(4-6-9)11(18)15-13-17-16-12(20-13)10-2-1-7-19-10/h3-6,10H,1-2,7H2,(H,15,17,18). The maximum absolute atomic E-state index is 12.8. The number of aromatic nitrogens is 2. The molecule has 1 aromatic heterocycles. The van der Waals surface area contributed by atoms with Crippen molar-refractivity contribution in [3.63, 3.8) is 0 Å². The number of benzene rings is 1. The molecule has 20 heavy (non-hydrogen) atoms. The minimum atomic E-state index is -0.377. The summed E-state index contributed by atoms with van der Waals surface area (Å²) in [6.07, 6.45) is 1.94. The van der Waals surface area contributed by atoms with Gasteiger partial charge in [-0.15, -0.1) is 10.2 Å². The molecule has 1 unspecified atom stereocenters. The number of halogens is 1. The summed E-state index contributed by atoms with van der Waals surface area (Å²) in [5.41, 5.74) is 0.375. The average molecular weight is 293 g/mol. The van der Waals surface area contributed by atoms with Gasteiger partial charge in [0.05, 0.1) is 0 Å². The highest BCUT2D eigenvalue weighted by molar-refractivity contribution is 7.15. The number of amides is 1. The van der Waals surface area contributed by atoms with Crippen molar-refractivity contribution in [2.45, 2.75) is 18.9 Å². The topological polar surface area (TPSA) is 64.1 Å². The molecule has 1 aromatic carbocycles. The van der Waals surface area contributed by atoms with Gasteiger partial charge >= 0.3 is 0 Å². The molecule has 0 spiro atoms. The lowest BCUT2D eigenvalue weighted by Gasteiger charge is -2.02. The Labute approximate surface area is 118 Å². The zero-order valence-electron chi connectivity index (χ0n) is 10.5. The molecule has 104 valence electrons. The zero-order valence-corrected chi connectivity index (χ0v) is 11.3. The minimum Gasteiger partial charge on any atom is -0.371 e. The largest absolute Gasteiger partial charge is 0.371 e. The summed E-state index contributed by atoms with van der Waals surface area (Å²) in [6, 6.07) is 5.33. The van der Waals surface area contributed by atoms with Crippen LogP contribution in [0.25, 0.3) is 0 Å². The van der Waals surface area contributed by atoms with Gasteiger partial charge in [0.1, 0.15) is 16.9 Å². The molecular formula is C13H12FN3O2S. The lowest BCUT2D eigenvalue weighted by Crippen LogP contribution is -2.11. The molecule has 0 saturated carbocycles. The maximum Gasteiger partial charge on any atom is 0.257 e. The van der Waals surface area contributed by atoms with E-state index in [4.69, 9.17) is 4.74 Å². The predicted molar refractivity (Wildman–Crippen MR) is 72.2 cm³/mol. The van der Waals surface area contributed by atoms with Gasteiger partial charge in [-0.25, -0.2) is 4.39 Å². The third kappa shape index (κ3) is 2.83. The number of nitrogens with one attached hydrogen (secondary N) is 1. The highest BCUT2D eigenvalue weighted by Crippen LogP contribution is 2.31. The molecule has 2 aromatic rings. The summed E-state index contributed by atoms with van der Waals surface area (Å²) in [5.74, 6) is -0.710. The molecule has 0 radical (unpaired) electrons. The molecule has 3 rings (SSSR count). The Bertz CT molecular complexity index is 608. The molecule has 1 amide bonds. The van der Waals surface area contributed by atoms with Crippen LogP contribution in [0, 0.1) is 5.82 Å². The molecule has 1 atom stereocenters. The van der Waals surface area contributed by atoms with Crippen LogP contribution in [0.15, 0.2) is 24.3 Å². The Morgan fingerprint density at radius 1 is 1.35 bits per heavy atom. The monoisotopic (exact) mass is 293 g/mol. The van der Waals surface area contributed by atoms with E-state index < -0.39 is 0 Å². The van der Waals surface area contributed by atoms with Gasteiger partial charge in [-0.2, -0.15) is 0 Å². The van der Waals surface area contributed by atoms with E-state index in [9.17, 15) is 9.18 Å². The molecular weight excluding hydrogens is 281 g/mol. The zero-order chi connectivity index (χ0) is 13.9. The van der Waals surface area contributed by atoms with Crippen LogP contribution in [0.4, 0.5) is 9.52 Å². The first-order valence-electron chi connectivity index (χ1n) is 6.24. The fourth-order valence-electron chi connectivity index (χ4n) is 1.96. The van der Waals surface area contributed by atoms with Crippen molar-refractivity contribution >= 4 is 22.4 Å². The molecule has 5 nitrogen and oxygen atoms in total. The first-order valence-corrected chi connectivity index (χ1v) is 7.06. The Morgan fingerprint density at radius 2 is 2.15 bits per heavy atom. The molecule has 1 N–H and O–H groups in total. The average Bonchev–Trinajstić information content (AvgIpc) is 3.09. The summed E-state index contributed by atoms with van der Waals surface area (Å²) in [7, 11) is 0. The lowest BCUT2D eigenvalue weighted by molar-refractivity contribution is 0.102. The highest BCUT2D eigenvalue weighted by atomic mass is 32.1. The number of anilines is 1. The van der Waals surface area contributed by atoms with Crippen molar-refractivity contribution in [2.24, 2.45) is 0 Å². The second-order valence-electron chi connectivity index (χ2n) is 4.41. The van der Waals surface area contributed by atoms with Crippen molar-refractivity contribution in [2.75, 3.05) is 11.9 Å². The molecule has 1 aliphatic heterocycles.